The minimum absolute atomic E-state index is 0.0948. The molecule has 2 N–H and O–H groups in total. The van der Waals surface area contributed by atoms with Crippen molar-refractivity contribution < 1.29 is 14.5 Å². The monoisotopic (exact) mass is 224 g/mol. The molecule has 0 aromatic heterocycles. The van der Waals surface area contributed by atoms with Gasteiger partial charge < -0.3 is 10.5 Å². The number of hydrogen-bond acceptors (Lipinski definition) is 5. The van der Waals surface area contributed by atoms with Gasteiger partial charge in [0.2, 0.25) is 0 Å². The Labute approximate surface area is 92.2 Å². The molecule has 0 atom stereocenters. The Hall–Kier alpha value is -1.95. The molecule has 86 valence electrons. The van der Waals surface area contributed by atoms with E-state index in [1.165, 1.54) is 13.2 Å². The predicted octanol–water partition coefficient (Wildman–Crippen LogP) is 0.769. The second kappa shape index (κ2) is 5.22. The van der Waals surface area contributed by atoms with Gasteiger partial charge in [-0.05, 0) is 11.6 Å². The molecule has 0 heterocycles. The number of benzene rings is 1. The topological polar surface area (TPSA) is 95.5 Å². The lowest BCUT2D eigenvalue weighted by molar-refractivity contribution is -0.385. The van der Waals surface area contributed by atoms with Gasteiger partial charge in [-0.25, -0.2) is 0 Å². The SMILES string of the molecule is COC(=O)Cc1cc(CN)ccc1[N+](=O)[O-]. The van der Waals surface area contributed by atoms with Crippen molar-refractivity contribution in [1.29, 1.82) is 0 Å². The summed E-state index contributed by atoms with van der Waals surface area (Å²) in [5.74, 6) is -0.516. The minimum atomic E-state index is -0.529. The van der Waals surface area contributed by atoms with E-state index in [-0.39, 0.29) is 18.7 Å². The Morgan fingerprint density at radius 3 is 2.75 bits per heavy atom. The molecule has 0 bridgehead atoms. The highest BCUT2D eigenvalue weighted by atomic mass is 16.6. The van der Waals surface area contributed by atoms with Crippen molar-refractivity contribution in [2.24, 2.45) is 5.73 Å². The van der Waals surface area contributed by atoms with Crippen molar-refractivity contribution >= 4 is 11.7 Å². The molecule has 0 saturated heterocycles. The van der Waals surface area contributed by atoms with E-state index >= 15 is 0 Å². The lowest BCUT2D eigenvalue weighted by Crippen LogP contribution is -2.08. The molecule has 0 aliphatic heterocycles. The summed E-state index contributed by atoms with van der Waals surface area (Å²) in [5, 5.41) is 10.7. The Morgan fingerprint density at radius 2 is 2.25 bits per heavy atom. The lowest BCUT2D eigenvalue weighted by atomic mass is 10.1. The Kier molecular flexibility index (Phi) is 3.96. The number of ether oxygens (including phenoxy) is 1. The van der Waals surface area contributed by atoms with Crippen LogP contribution in [-0.4, -0.2) is 18.0 Å². The van der Waals surface area contributed by atoms with Crippen LogP contribution in [0, 0.1) is 10.1 Å². The van der Waals surface area contributed by atoms with E-state index < -0.39 is 10.9 Å². The van der Waals surface area contributed by atoms with Crippen LogP contribution in [0.1, 0.15) is 11.1 Å². The molecule has 0 radical (unpaired) electrons. The maximum atomic E-state index is 11.1. The van der Waals surface area contributed by atoms with Crippen LogP contribution >= 0.6 is 0 Å². The van der Waals surface area contributed by atoms with E-state index in [4.69, 9.17) is 5.73 Å². The zero-order valence-electron chi connectivity index (χ0n) is 8.80. The third kappa shape index (κ3) is 2.77. The van der Waals surface area contributed by atoms with Gasteiger partial charge in [-0.2, -0.15) is 0 Å². The summed E-state index contributed by atoms with van der Waals surface area (Å²) in [6, 6.07) is 4.47. The highest BCUT2D eigenvalue weighted by Gasteiger charge is 2.16. The van der Waals surface area contributed by atoms with Crippen molar-refractivity contribution in [1.82, 2.24) is 0 Å². The molecule has 0 fully saturated rings. The van der Waals surface area contributed by atoms with Crippen molar-refractivity contribution in [3.8, 4) is 0 Å². The molecule has 6 heteroatoms. The van der Waals surface area contributed by atoms with Crippen LogP contribution in [-0.2, 0) is 22.5 Å². The first-order valence-electron chi connectivity index (χ1n) is 4.61. The van der Waals surface area contributed by atoms with Gasteiger partial charge in [0.05, 0.1) is 18.5 Å². The van der Waals surface area contributed by atoms with Crippen LogP contribution in [0.2, 0.25) is 0 Å². The standard InChI is InChI=1S/C10H12N2O4/c1-16-10(13)5-8-4-7(6-11)2-3-9(8)12(14)15/h2-4H,5-6,11H2,1H3. The van der Waals surface area contributed by atoms with E-state index in [0.29, 0.717) is 5.56 Å². The summed E-state index contributed by atoms with van der Waals surface area (Å²) >= 11 is 0. The summed E-state index contributed by atoms with van der Waals surface area (Å²) < 4.78 is 4.47. The Balaban J connectivity index is 3.10. The van der Waals surface area contributed by atoms with Gasteiger partial charge in [-0.1, -0.05) is 6.07 Å². The molecule has 16 heavy (non-hydrogen) atoms. The van der Waals surface area contributed by atoms with Gasteiger partial charge in [0.25, 0.3) is 5.69 Å². The summed E-state index contributed by atoms with van der Waals surface area (Å²) in [6.07, 6.45) is -0.124. The molecule has 1 aromatic carbocycles. The number of rotatable bonds is 4. The van der Waals surface area contributed by atoms with E-state index in [0.717, 1.165) is 5.56 Å². The van der Waals surface area contributed by atoms with Crippen molar-refractivity contribution in [2.45, 2.75) is 13.0 Å². The largest absolute Gasteiger partial charge is 0.469 e. The second-order valence-corrected chi connectivity index (χ2v) is 3.18. The van der Waals surface area contributed by atoms with E-state index in [1.807, 2.05) is 0 Å². The maximum absolute atomic E-state index is 11.1. The fraction of sp³-hybridized carbons (Fsp3) is 0.300. The van der Waals surface area contributed by atoms with E-state index in [1.54, 1.807) is 12.1 Å². The molecule has 0 aliphatic rings. The Bertz CT molecular complexity index is 417. The summed E-state index contributed by atoms with van der Waals surface area (Å²) in [5.41, 5.74) is 6.39. The van der Waals surface area contributed by atoms with Crippen molar-refractivity contribution in [3.05, 3.63) is 39.4 Å². The smallest absolute Gasteiger partial charge is 0.310 e. The van der Waals surface area contributed by atoms with Crippen LogP contribution in [0.3, 0.4) is 0 Å². The van der Waals surface area contributed by atoms with Crippen LogP contribution < -0.4 is 5.73 Å². The summed E-state index contributed by atoms with van der Waals surface area (Å²) in [7, 11) is 1.24. The first-order valence-corrected chi connectivity index (χ1v) is 4.61. The summed E-state index contributed by atoms with van der Waals surface area (Å²) in [6.45, 7) is 0.270. The second-order valence-electron chi connectivity index (χ2n) is 3.18. The molecule has 1 aromatic rings. The Morgan fingerprint density at radius 1 is 1.56 bits per heavy atom. The van der Waals surface area contributed by atoms with Gasteiger partial charge in [0.15, 0.2) is 0 Å². The van der Waals surface area contributed by atoms with Crippen LogP contribution in [0.15, 0.2) is 18.2 Å². The molecule has 6 nitrogen and oxygen atoms in total. The van der Waals surface area contributed by atoms with Gasteiger partial charge >= 0.3 is 5.97 Å². The average molecular weight is 224 g/mol. The average Bonchev–Trinajstić information content (AvgIpc) is 2.28. The van der Waals surface area contributed by atoms with E-state index in [9.17, 15) is 14.9 Å². The number of carbonyl (C=O) groups is 1. The maximum Gasteiger partial charge on any atom is 0.310 e. The number of nitro benzene ring substituents is 1. The number of nitrogens with zero attached hydrogens (tertiary/aromatic N) is 1. The zero-order valence-corrected chi connectivity index (χ0v) is 8.80. The quantitative estimate of drug-likeness (QED) is 0.463. The van der Waals surface area contributed by atoms with Crippen LogP contribution in [0.4, 0.5) is 5.69 Å². The normalized spacial score (nSPS) is 9.88. The third-order valence-corrected chi connectivity index (χ3v) is 2.14. The fourth-order valence-electron chi connectivity index (χ4n) is 1.31. The number of nitrogens with two attached hydrogens (primary N) is 1. The molecular weight excluding hydrogens is 212 g/mol. The first kappa shape index (κ1) is 12.1. The third-order valence-electron chi connectivity index (χ3n) is 2.14. The van der Waals surface area contributed by atoms with Gasteiger partial charge in [0, 0.05) is 18.2 Å². The van der Waals surface area contributed by atoms with Crippen molar-refractivity contribution in [2.75, 3.05) is 7.11 Å². The highest BCUT2D eigenvalue weighted by Crippen LogP contribution is 2.20. The molecule has 0 unspecified atom stereocenters. The van der Waals surface area contributed by atoms with Gasteiger partial charge in [-0.15, -0.1) is 0 Å². The molecule has 0 spiro atoms. The highest BCUT2D eigenvalue weighted by molar-refractivity contribution is 5.74. The fourth-order valence-corrected chi connectivity index (χ4v) is 1.31. The molecule has 0 saturated carbocycles. The molecule has 1 rings (SSSR count). The molecular formula is C10H12N2O4. The predicted molar refractivity (Wildman–Crippen MR) is 56.7 cm³/mol. The number of nitro groups is 1. The number of carbonyl (C=O) groups excluding carboxylic acids is 1. The van der Waals surface area contributed by atoms with Crippen LogP contribution in [0.25, 0.3) is 0 Å². The molecule has 0 amide bonds. The zero-order chi connectivity index (χ0) is 12.1. The first-order chi connectivity index (χ1) is 7.58. The number of hydrogen-bond donors (Lipinski definition) is 1. The van der Waals surface area contributed by atoms with Crippen LogP contribution in [0.5, 0.6) is 0 Å². The van der Waals surface area contributed by atoms with Gasteiger partial charge in [-0.3, -0.25) is 14.9 Å². The van der Waals surface area contributed by atoms with Gasteiger partial charge in [0.1, 0.15) is 0 Å². The summed E-state index contributed by atoms with van der Waals surface area (Å²) in [4.78, 5) is 21.3. The molecule has 0 aliphatic carbocycles. The van der Waals surface area contributed by atoms with E-state index in [2.05, 4.69) is 4.74 Å². The number of esters is 1. The minimum Gasteiger partial charge on any atom is -0.469 e. The van der Waals surface area contributed by atoms with Crippen molar-refractivity contribution in [3.63, 3.8) is 0 Å². The number of methoxy groups -OCH3 is 1. The lowest BCUT2D eigenvalue weighted by Gasteiger charge is -2.04.